The van der Waals surface area contributed by atoms with Crippen molar-refractivity contribution in [3.8, 4) is 0 Å². The molecule has 27 heavy (non-hydrogen) atoms. The topological polar surface area (TPSA) is 116 Å². The van der Waals surface area contributed by atoms with Crippen LogP contribution in [-0.2, 0) is 13.6 Å². The van der Waals surface area contributed by atoms with Crippen LogP contribution in [0, 0.1) is 0 Å². The predicted molar refractivity (Wildman–Crippen MR) is 103 cm³/mol. The van der Waals surface area contributed by atoms with Gasteiger partial charge in [0.15, 0.2) is 11.2 Å². The van der Waals surface area contributed by atoms with Gasteiger partial charge in [0.2, 0.25) is 5.95 Å². The second-order valence-electron chi connectivity index (χ2n) is 6.05. The van der Waals surface area contributed by atoms with E-state index in [1.807, 2.05) is 12.1 Å². The van der Waals surface area contributed by atoms with Gasteiger partial charge in [0.25, 0.3) is 5.56 Å². The number of anilines is 1. The molecule has 144 valence electrons. The van der Waals surface area contributed by atoms with E-state index in [9.17, 15) is 19.8 Å². The maximum atomic E-state index is 12.5. The Hall–Kier alpha value is -2.62. The van der Waals surface area contributed by atoms with Gasteiger partial charge in [-0.1, -0.05) is 23.7 Å². The first-order valence-corrected chi connectivity index (χ1v) is 8.74. The van der Waals surface area contributed by atoms with E-state index >= 15 is 0 Å². The number of fused-ring (bicyclic) bond motifs is 1. The van der Waals surface area contributed by atoms with Crippen LogP contribution in [0.4, 0.5) is 5.95 Å². The SMILES string of the molecule is Cn1c(=O)[nH]c(=O)c2c1nc(N(CCO)CCO)n2Cc1ccc(Cl)cc1. The van der Waals surface area contributed by atoms with E-state index in [1.165, 1.54) is 11.6 Å². The van der Waals surface area contributed by atoms with Crippen molar-refractivity contribution in [3.05, 3.63) is 55.7 Å². The van der Waals surface area contributed by atoms with Gasteiger partial charge in [0, 0.05) is 25.2 Å². The fraction of sp³-hybridized carbons (Fsp3) is 0.353. The van der Waals surface area contributed by atoms with Crippen molar-refractivity contribution >= 4 is 28.7 Å². The zero-order chi connectivity index (χ0) is 19.6. The van der Waals surface area contributed by atoms with Crippen LogP contribution in [0.1, 0.15) is 5.56 Å². The van der Waals surface area contributed by atoms with Crippen molar-refractivity contribution in [1.29, 1.82) is 0 Å². The number of nitrogens with zero attached hydrogens (tertiary/aromatic N) is 4. The molecule has 3 rings (SSSR count). The van der Waals surface area contributed by atoms with Gasteiger partial charge in [0.05, 0.1) is 19.8 Å². The predicted octanol–water partition coefficient (Wildman–Crippen LogP) is -0.0840. The maximum Gasteiger partial charge on any atom is 0.329 e. The van der Waals surface area contributed by atoms with Crippen molar-refractivity contribution in [3.63, 3.8) is 0 Å². The number of rotatable bonds is 7. The standard InChI is InChI=1S/C17H20ClN5O4/c1-21-14-13(15(26)20-17(21)27)23(10-11-2-4-12(18)5-3-11)16(19-14)22(6-8-24)7-9-25/h2-5,24-25H,6-10H2,1H3,(H,20,26,27). The van der Waals surface area contributed by atoms with Crippen LogP contribution in [0.2, 0.25) is 5.02 Å². The summed E-state index contributed by atoms with van der Waals surface area (Å²) in [7, 11) is 1.52. The molecule has 0 saturated carbocycles. The highest BCUT2D eigenvalue weighted by Gasteiger charge is 2.21. The van der Waals surface area contributed by atoms with Crippen LogP contribution in [0.3, 0.4) is 0 Å². The molecule has 3 N–H and O–H groups in total. The van der Waals surface area contributed by atoms with Crippen molar-refractivity contribution < 1.29 is 10.2 Å². The lowest BCUT2D eigenvalue weighted by Crippen LogP contribution is -2.32. The van der Waals surface area contributed by atoms with Crippen LogP contribution in [0.5, 0.6) is 0 Å². The number of aliphatic hydroxyl groups is 2. The van der Waals surface area contributed by atoms with Crippen molar-refractivity contribution in [2.45, 2.75) is 6.54 Å². The summed E-state index contributed by atoms with van der Waals surface area (Å²) in [5.41, 5.74) is 0.234. The van der Waals surface area contributed by atoms with Crippen molar-refractivity contribution in [1.82, 2.24) is 19.1 Å². The molecular formula is C17H20ClN5O4. The maximum absolute atomic E-state index is 12.5. The van der Waals surface area contributed by atoms with Crippen molar-refractivity contribution in [2.24, 2.45) is 7.05 Å². The number of halogens is 1. The smallest absolute Gasteiger partial charge is 0.329 e. The highest BCUT2D eigenvalue weighted by molar-refractivity contribution is 6.30. The molecule has 0 unspecified atom stereocenters. The second-order valence-corrected chi connectivity index (χ2v) is 6.49. The number of nitrogens with one attached hydrogen (secondary N) is 1. The first-order chi connectivity index (χ1) is 13.0. The summed E-state index contributed by atoms with van der Waals surface area (Å²) >= 11 is 5.94. The molecule has 0 fully saturated rings. The largest absolute Gasteiger partial charge is 0.395 e. The summed E-state index contributed by atoms with van der Waals surface area (Å²) in [5, 5.41) is 19.3. The first kappa shape index (κ1) is 19.2. The Morgan fingerprint density at radius 1 is 1.15 bits per heavy atom. The molecule has 0 aliphatic rings. The molecule has 0 bridgehead atoms. The molecule has 2 heterocycles. The van der Waals surface area contributed by atoms with Crippen LogP contribution >= 0.6 is 11.6 Å². The minimum absolute atomic E-state index is 0.153. The minimum Gasteiger partial charge on any atom is -0.395 e. The van der Waals surface area contributed by atoms with Gasteiger partial charge in [-0.2, -0.15) is 4.98 Å². The zero-order valence-corrected chi connectivity index (χ0v) is 15.5. The molecule has 1 aromatic carbocycles. The number of benzene rings is 1. The van der Waals surface area contributed by atoms with Crippen LogP contribution in [0.15, 0.2) is 33.9 Å². The molecule has 0 aliphatic heterocycles. The van der Waals surface area contributed by atoms with E-state index in [-0.39, 0.29) is 37.5 Å². The quantitative estimate of drug-likeness (QED) is 0.517. The molecule has 0 saturated heterocycles. The number of aromatic amines is 1. The summed E-state index contributed by atoms with van der Waals surface area (Å²) in [4.78, 5) is 32.9. The molecular weight excluding hydrogens is 374 g/mol. The third-order valence-corrected chi connectivity index (χ3v) is 4.52. The van der Waals surface area contributed by atoms with Gasteiger partial charge < -0.3 is 15.1 Å². The number of aromatic nitrogens is 4. The summed E-state index contributed by atoms with van der Waals surface area (Å²) in [5.74, 6) is 0.384. The third kappa shape index (κ3) is 3.75. The molecule has 0 spiro atoms. The normalized spacial score (nSPS) is 11.3. The summed E-state index contributed by atoms with van der Waals surface area (Å²) < 4.78 is 2.93. The number of hydrogen-bond donors (Lipinski definition) is 3. The Kier molecular flexibility index (Phi) is 5.64. The molecule has 0 aliphatic carbocycles. The van der Waals surface area contributed by atoms with Gasteiger partial charge in [-0.25, -0.2) is 4.79 Å². The molecule has 9 nitrogen and oxygen atoms in total. The van der Waals surface area contributed by atoms with Crippen molar-refractivity contribution in [2.75, 3.05) is 31.2 Å². The van der Waals surface area contributed by atoms with Gasteiger partial charge in [-0.3, -0.25) is 18.9 Å². The number of aryl methyl sites for hydroxylation is 1. The zero-order valence-electron chi connectivity index (χ0n) is 14.7. The Morgan fingerprint density at radius 2 is 1.78 bits per heavy atom. The Bertz CT molecular complexity index is 1050. The summed E-state index contributed by atoms with van der Waals surface area (Å²) in [6, 6.07) is 7.15. The van der Waals surface area contributed by atoms with E-state index in [0.29, 0.717) is 17.5 Å². The van der Waals surface area contributed by atoms with E-state index in [4.69, 9.17) is 11.6 Å². The highest BCUT2D eigenvalue weighted by atomic mass is 35.5. The Balaban J connectivity index is 2.24. The first-order valence-electron chi connectivity index (χ1n) is 8.37. The molecule has 0 radical (unpaired) electrons. The van der Waals surface area contributed by atoms with Gasteiger partial charge >= 0.3 is 5.69 Å². The minimum atomic E-state index is -0.564. The second kappa shape index (κ2) is 7.95. The lowest BCUT2D eigenvalue weighted by Gasteiger charge is -2.22. The number of H-pyrrole nitrogens is 1. The summed E-state index contributed by atoms with van der Waals surface area (Å²) in [6.07, 6.45) is 0. The molecule has 0 amide bonds. The monoisotopic (exact) mass is 393 g/mol. The highest BCUT2D eigenvalue weighted by Crippen LogP contribution is 2.21. The van der Waals surface area contributed by atoms with Gasteiger partial charge in [0.1, 0.15) is 0 Å². The molecule has 3 aromatic rings. The van der Waals surface area contributed by atoms with Gasteiger partial charge in [-0.15, -0.1) is 0 Å². The van der Waals surface area contributed by atoms with E-state index in [0.717, 1.165) is 5.56 Å². The molecule has 2 aromatic heterocycles. The van der Waals surface area contributed by atoms with Gasteiger partial charge in [-0.05, 0) is 17.7 Å². The average Bonchev–Trinajstić information content (AvgIpc) is 3.01. The van der Waals surface area contributed by atoms with Crippen LogP contribution in [-0.4, -0.2) is 55.6 Å². The lowest BCUT2D eigenvalue weighted by molar-refractivity contribution is 0.279. The Morgan fingerprint density at radius 3 is 2.37 bits per heavy atom. The third-order valence-electron chi connectivity index (χ3n) is 4.26. The Labute approximate surface area is 159 Å². The lowest BCUT2D eigenvalue weighted by atomic mass is 10.2. The number of hydrogen-bond acceptors (Lipinski definition) is 6. The molecule has 10 heteroatoms. The fourth-order valence-electron chi connectivity index (χ4n) is 2.94. The number of aliphatic hydroxyl groups excluding tert-OH is 2. The average molecular weight is 394 g/mol. The number of imidazole rings is 1. The fourth-order valence-corrected chi connectivity index (χ4v) is 3.07. The summed E-state index contributed by atoms with van der Waals surface area (Å²) in [6.45, 7) is 0.434. The van der Waals surface area contributed by atoms with E-state index < -0.39 is 11.2 Å². The van der Waals surface area contributed by atoms with Crippen LogP contribution in [0.25, 0.3) is 11.2 Å². The van der Waals surface area contributed by atoms with E-state index in [1.54, 1.807) is 21.6 Å². The van der Waals surface area contributed by atoms with Crippen LogP contribution < -0.4 is 16.1 Å². The molecule has 0 atom stereocenters. The van der Waals surface area contributed by atoms with E-state index in [2.05, 4.69) is 9.97 Å².